The van der Waals surface area contributed by atoms with Gasteiger partial charge in [-0.15, -0.1) is 0 Å². The Labute approximate surface area is 158 Å². The van der Waals surface area contributed by atoms with Crippen LogP contribution in [-0.4, -0.2) is 28.9 Å². The average molecular weight is 361 g/mol. The van der Waals surface area contributed by atoms with Gasteiger partial charge in [-0.1, -0.05) is 36.1 Å². The van der Waals surface area contributed by atoms with Crippen LogP contribution in [-0.2, 0) is 0 Å². The Morgan fingerprint density at radius 1 is 0.962 bits per heavy atom. The van der Waals surface area contributed by atoms with Crippen LogP contribution in [0.1, 0.15) is 21.5 Å². The highest BCUT2D eigenvalue weighted by Crippen LogP contribution is 2.21. The van der Waals surface area contributed by atoms with Gasteiger partial charge in [0.2, 0.25) is 0 Å². The summed E-state index contributed by atoms with van der Waals surface area (Å²) in [5.41, 5.74) is 3.09. The van der Waals surface area contributed by atoms with Crippen molar-refractivity contribution >= 4 is 18.0 Å². The lowest BCUT2D eigenvalue weighted by Gasteiger charge is -2.14. The van der Waals surface area contributed by atoms with Gasteiger partial charge in [-0.25, -0.2) is 4.31 Å². The average Bonchev–Trinajstić information content (AvgIpc) is 3.19. The maximum Gasteiger partial charge on any atom is 0.264 e. The Morgan fingerprint density at radius 3 is 2.38 bits per heavy atom. The highest BCUT2D eigenvalue weighted by molar-refractivity contribution is 7.95. The lowest BCUT2D eigenvalue weighted by Crippen LogP contribution is -2.22. The Bertz CT molecular complexity index is 938. The summed E-state index contributed by atoms with van der Waals surface area (Å²) in [6, 6.07) is 19.3. The number of rotatable bonds is 4. The molecule has 1 N–H and O–H groups in total. The Morgan fingerprint density at radius 2 is 1.69 bits per heavy atom. The molecule has 0 aliphatic carbocycles. The SMILES string of the molecule is CN(C)SNC(=O)c1cccc(C#Cc2ccccc2)c1-n1cccc1. The molecule has 1 aromatic heterocycles. The van der Waals surface area contributed by atoms with Gasteiger partial charge in [-0.3, -0.25) is 9.52 Å². The van der Waals surface area contributed by atoms with E-state index in [0.717, 1.165) is 16.8 Å². The van der Waals surface area contributed by atoms with Crippen LogP contribution in [0.15, 0.2) is 73.1 Å². The number of carbonyl (C=O) groups is 1. The summed E-state index contributed by atoms with van der Waals surface area (Å²) >= 11 is 1.24. The van der Waals surface area contributed by atoms with E-state index in [1.54, 1.807) is 0 Å². The molecule has 0 atom stereocenters. The third-order valence-corrected chi connectivity index (χ3v) is 4.22. The maximum atomic E-state index is 12.7. The maximum absolute atomic E-state index is 12.7. The third-order valence-electron chi connectivity index (χ3n) is 3.58. The third kappa shape index (κ3) is 4.37. The number of hydrogen-bond donors (Lipinski definition) is 1. The second-order valence-corrected chi connectivity index (χ2v) is 6.86. The van der Waals surface area contributed by atoms with Gasteiger partial charge in [0.05, 0.1) is 11.3 Å². The zero-order chi connectivity index (χ0) is 18.4. The van der Waals surface area contributed by atoms with Gasteiger partial charge in [0.1, 0.15) is 0 Å². The van der Waals surface area contributed by atoms with Gasteiger partial charge in [0.15, 0.2) is 0 Å². The van der Waals surface area contributed by atoms with Crippen LogP contribution in [0.4, 0.5) is 0 Å². The lowest BCUT2D eigenvalue weighted by atomic mass is 10.1. The minimum absolute atomic E-state index is 0.157. The molecule has 130 valence electrons. The number of amides is 1. The molecule has 26 heavy (non-hydrogen) atoms. The number of benzene rings is 2. The number of carbonyl (C=O) groups excluding carboxylic acids is 1. The summed E-state index contributed by atoms with van der Waals surface area (Å²) in [6.45, 7) is 0. The molecule has 0 fully saturated rings. The van der Waals surface area contributed by atoms with Crippen LogP contribution < -0.4 is 4.72 Å². The van der Waals surface area contributed by atoms with Gasteiger partial charge in [0, 0.05) is 35.7 Å². The predicted octanol–water partition coefficient (Wildman–Crippen LogP) is 3.73. The number of hydrogen-bond acceptors (Lipinski definition) is 3. The minimum Gasteiger partial charge on any atom is -0.322 e. The molecule has 5 heteroatoms. The summed E-state index contributed by atoms with van der Waals surface area (Å²) in [7, 11) is 3.75. The molecule has 2 aromatic carbocycles. The molecule has 0 saturated carbocycles. The quantitative estimate of drug-likeness (QED) is 0.568. The van der Waals surface area contributed by atoms with Crippen LogP contribution in [0, 0.1) is 11.8 Å². The number of para-hydroxylation sites is 1. The second-order valence-electron chi connectivity index (χ2n) is 5.74. The first-order valence-electron chi connectivity index (χ1n) is 8.13. The Kier molecular flexibility index (Phi) is 5.80. The van der Waals surface area contributed by atoms with Crippen molar-refractivity contribution in [3.63, 3.8) is 0 Å². The van der Waals surface area contributed by atoms with E-state index in [2.05, 4.69) is 16.6 Å². The van der Waals surface area contributed by atoms with E-state index in [1.165, 1.54) is 12.1 Å². The van der Waals surface area contributed by atoms with E-state index in [4.69, 9.17) is 0 Å². The Hall–Kier alpha value is -2.94. The summed E-state index contributed by atoms with van der Waals surface area (Å²) in [6.07, 6.45) is 3.83. The minimum atomic E-state index is -0.157. The predicted molar refractivity (Wildman–Crippen MR) is 107 cm³/mol. The summed E-state index contributed by atoms with van der Waals surface area (Å²) in [5, 5.41) is 0. The highest BCUT2D eigenvalue weighted by atomic mass is 32.2. The molecular weight excluding hydrogens is 342 g/mol. The van der Waals surface area contributed by atoms with Crippen molar-refractivity contribution < 1.29 is 4.79 Å². The second kappa shape index (κ2) is 8.43. The van der Waals surface area contributed by atoms with E-state index in [0.29, 0.717) is 5.56 Å². The van der Waals surface area contributed by atoms with E-state index in [-0.39, 0.29) is 5.91 Å². The largest absolute Gasteiger partial charge is 0.322 e. The van der Waals surface area contributed by atoms with E-state index < -0.39 is 0 Å². The normalized spacial score (nSPS) is 10.3. The van der Waals surface area contributed by atoms with Crippen LogP contribution in [0.2, 0.25) is 0 Å². The van der Waals surface area contributed by atoms with Crippen molar-refractivity contribution in [1.82, 2.24) is 13.6 Å². The van der Waals surface area contributed by atoms with Crippen molar-refractivity contribution in [3.8, 4) is 17.5 Å². The monoisotopic (exact) mass is 361 g/mol. The molecule has 1 heterocycles. The van der Waals surface area contributed by atoms with Crippen LogP contribution >= 0.6 is 12.1 Å². The standard InChI is InChI=1S/C21H19N3OS/c1-23(2)26-22-21(25)19-12-8-11-18(20(19)24-15-6-7-16-24)14-13-17-9-4-3-5-10-17/h3-12,15-16H,1-2H3,(H,22,25). The lowest BCUT2D eigenvalue weighted by molar-refractivity contribution is 0.0983. The number of nitrogens with zero attached hydrogens (tertiary/aromatic N) is 2. The highest BCUT2D eigenvalue weighted by Gasteiger charge is 2.15. The van der Waals surface area contributed by atoms with Crippen molar-refractivity contribution in [3.05, 3.63) is 89.7 Å². The number of nitrogens with one attached hydrogen (secondary N) is 1. The Balaban J connectivity index is 2.04. The van der Waals surface area contributed by atoms with Crippen LogP contribution in [0.5, 0.6) is 0 Å². The van der Waals surface area contributed by atoms with Gasteiger partial charge >= 0.3 is 0 Å². The fourth-order valence-corrected chi connectivity index (χ4v) is 2.81. The molecule has 0 bridgehead atoms. The fraction of sp³-hybridized carbons (Fsp3) is 0.0952. The molecular formula is C21H19N3OS. The van der Waals surface area contributed by atoms with Crippen molar-refractivity contribution in [2.24, 2.45) is 0 Å². The molecule has 0 aliphatic heterocycles. The molecule has 3 rings (SSSR count). The zero-order valence-electron chi connectivity index (χ0n) is 14.6. The van der Waals surface area contributed by atoms with Crippen LogP contribution in [0.25, 0.3) is 5.69 Å². The van der Waals surface area contributed by atoms with Gasteiger partial charge in [0.25, 0.3) is 5.91 Å². The summed E-state index contributed by atoms with van der Waals surface area (Å²) < 4.78 is 6.59. The van der Waals surface area contributed by atoms with Gasteiger partial charge in [-0.05, 0) is 50.5 Å². The topological polar surface area (TPSA) is 37.3 Å². The van der Waals surface area contributed by atoms with E-state index >= 15 is 0 Å². The van der Waals surface area contributed by atoms with E-state index in [1.807, 2.05) is 96.0 Å². The van der Waals surface area contributed by atoms with Crippen molar-refractivity contribution in [1.29, 1.82) is 0 Å². The summed E-state index contributed by atoms with van der Waals surface area (Å²) in [4.78, 5) is 12.7. The van der Waals surface area contributed by atoms with Gasteiger partial charge in [-0.2, -0.15) is 0 Å². The molecule has 0 radical (unpaired) electrons. The number of aromatic nitrogens is 1. The molecule has 4 nitrogen and oxygen atoms in total. The summed E-state index contributed by atoms with van der Waals surface area (Å²) in [5.74, 6) is 6.22. The molecule has 1 amide bonds. The molecule has 0 spiro atoms. The fourth-order valence-electron chi connectivity index (χ4n) is 2.44. The molecule has 0 aliphatic rings. The first-order valence-corrected chi connectivity index (χ1v) is 8.90. The van der Waals surface area contributed by atoms with Crippen molar-refractivity contribution in [2.45, 2.75) is 0 Å². The molecule has 3 aromatic rings. The smallest absolute Gasteiger partial charge is 0.264 e. The first kappa shape index (κ1) is 17.9. The zero-order valence-corrected chi connectivity index (χ0v) is 15.5. The van der Waals surface area contributed by atoms with E-state index in [9.17, 15) is 4.79 Å². The van der Waals surface area contributed by atoms with Crippen LogP contribution in [0.3, 0.4) is 0 Å². The molecule has 0 unspecified atom stereocenters. The van der Waals surface area contributed by atoms with Crippen molar-refractivity contribution in [2.75, 3.05) is 14.1 Å². The van der Waals surface area contributed by atoms with Gasteiger partial charge < -0.3 is 4.57 Å². The molecule has 0 saturated heterocycles. The first-order chi connectivity index (χ1) is 12.6.